The molecule has 3 rings (SSSR count). The van der Waals surface area contributed by atoms with Crippen molar-refractivity contribution in [3.05, 3.63) is 59.9 Å². The minimum atomic E-state index is -0.224. The van der Waals surface area contributed by atoms with Crippen molar-refractivity contribution in [2.75, 3.05) is 38.0 Å². The van der Waals surface area contributed by atoms with Crippen LogP contribution < -0.4 is 16.0 Å². The highest BCUT2D eigenvalue weighted by Crippen LogP contribution is 2.20. The van der Waals surface area contributed by atoms with Crippen molar-refractivity contribution in [3.8, 4) is 0 Å². The number of carbonyl (C=O) groups excluding carboxylic acids is 2. The summed E-state index contributed by atoms with van der Waals surface area (Å²) in [6.07, 6.45) is 4.41. The zero-order valence-corrected chi connectivity index (χ0v) is 17.4. The number of rotatable bonds is 7. The standard InChI is InChI=1S/C21H27N5O2.ClH/c1-2-16-6-3-4-8-18(16)25-20(27)14-24-21(28)15-26-11-10-23-13-19(26)17-7-5-9-22-12-17;/h3-9,12,19,23H,2,10-11,13-15H2,1H3,(H,24,28)(H,25,27);1H. The highest BCUT2D eigenvalue weighted by atomic mass is 35.5. The van der Waals surface area contributed by atoms with E-state index in [1.807, 2.05) is 49.5 Å². The molecule has 0 saturated carbocycles. The van der Waals surface area contributed by atoms with Crippen molar-refractivity contribution >= 4 is 29.9 Å². The SMILES string of the molecule is CCc1ccccc1NC(=O)CNC(=O)CN1CCNCC1c1cccnc1.Cl. The number of amides is 2. The zero-order valence-electron chi connectivity index (χ0n) is 16.6. The Kier molecular flexibility index (Phi) is 9.05. The predicted octanol–water partition coefficient (Wildman–Crippen LogP) is 1.77. The molecule has 2 heterocycles. The van der Waals surface area contributed by atoms with Crippen LogP contribution in [0.15, 0.2) is 48.8 Å². The maximum absolute atomic E-state index is 12.4. The summed E-state index contributed by atoms with van der Waals surface area (Å²) in [4.78, 5) is 30.9. The molecule has 1 unspecified atom stereocenters. The van der Waals surface area contributed by atoms with Gasteiger partial charge in [0.05, 0.1) is 13.1 Å². The van der Waals surface area contributed by atoms with Gasteiger partial charge in [-0.3, -0.25) is 19.5 Å². The third kappa shape index (κ3) is 6.52. The first-order valence-electron chi connectivity index (χ1n) is 9.66. The average molecular weight is 418 g/mol. The molecule has 3 N–H and O–H groups in total. The van der Waals surface area contributed by atoms with E-state index >= 15 is 0 Å². The Bertz CT molecular complexity index is 803. The second-order valence-electron chi connectivity index (χ2n) is 6.81. The van der Waals surface area contributed by atoms with E-state index in [2.05, 4.69) is 25.8 Å². The number of pyridine rings is 1. The van der Waals surface area contributed by atoms with E-state index in [4.69, 9.17) is 0 Å². The highest BCUT2D eigenvalue weighted by molar-refractivity contribution is 5.95. The molecule has 1 aliphatic rings. The van der Waals surface area contributed by atoms with Gasteiger partial charge < -0.3 is 16.0 Å². The van der Waals surface area contributed by atoms with Crippen LogP contribution >= 0.6 is 12.4 Å². The number of hydrogen-bond acceptors (Lipinski definition) is 5. The first-order chi connectivity index (χ1) is 13.7. The largest absolute Gasteiger partial charge is 0.346 e. The lowest BCUT2D eigenvalue weighted by Gasteiger charge is -2.35. The van der Waals surface area contributed by atoms with Gasteiger partial charge in [-0.25, -0.2) is 0 Å². The van der Waals surface area contributed by atoms with Crippen LogP contribution in [0.2, 0.25) is 0 Å². The van der Waals surface area contributed by atoms with E-state index in [0.29, 0.717) is 0 Å². The molecule has 7 nitrogen and oxygen atoms in total. The lowest BCUT2D eigenvalue weighted by atomic mass is 10.1. The number of aromatic nitrogens is 1. The number of nitrogens with zero attached hydrogens (tertiary/aromatic N) is 2. The number of anilines is 1. The molecule has 0 spiro atoms. The highest BCUT2D eigenvalue weighted by Gasteiger charge is 2.25. The fourth-order valence-electron chi connectivity index (χ4n) is 3.40. The summed E-state index contributed by atoms with van der Waals surface area (Å²) >= 11 is 0. The molecular formula is C21H28ClN5O2. The Morgan fingerprint density at radius 3 is 2.79 bits per heavy atom. The molecular weight excluding hydrogens is 390 g/mol. The number of halogens is 1. The minimum Gasteiger partial charge on any atom is -0.346 e. The van der Waals surface area contributed by atoms with Crippen LogP contribution in [-0.2, 0) is 16.0 Å². The van der Waals surface area contributed by atoms with Crippen molar-refractivity contribution < 1.29 is 9.59 Å². The van der Waals surface area contributed by atoms with Crippen LogP contribution in [0.25, 0.3) is 0 Å². The minimum absolute atomic E-state index is 0. The molecule has 1 saturated heterocycles. The number of carbonyl (C=O) groups is 2. The lowest BCUT2D eigenvalue weighted by molar-refractivity contribution is -0.125. The van der Waals surface area contributed by atoms with E-state index < -0.39 is 0 Å². The molecule has 0 radical (unpaired) electrons. The van der Waals surface area contributed by atoms with Crippen LogP contribution in [0.4, 0.5) is 5.69 Å². The summed E-state index contributed by atoms with van der Waals surface area (Å²) in [7, 11) is 0. The summed E-state index contributed by atoms with van der Waals surface area (Å²) in [5.74, 6) is -0.381. The van der Waals surface area contributed by atoms with Crippen LogP contribution in [0.5, 0.6) is 0 Å². The van der Waals surface area contributed by atoms with Gasteiger partial charge in [0.15, 0.2) is 0 Å². The normalized spacial score (nSPS) is 16.5. The van der Waals surface area contributed by atoms with Gasteiger partial charge in [0.2, 0.25) is 11.8 Å². The van der Waals surface area contributed by atoms with E-state index in [-0.39, 0.29) is 43.4 Å². The maximum Gasteiger partial charge on any atom is 0.243 e. The Morgan fingerprint density at radius 2 is 2.03 bits per heavy atom. The summed E-state index contributed by atoms with van der Waals surface area (Å²) in [5, 5.41) is 8.96. The van der Waals surface area contributed by atoms with E-state index in [0.717, 1.165) is 42.9 Å². The molecule has 8 heteroatoms. The zero-order chi connectivity index (χ0) is 19.8. The molecule has 1 aliphatic heterocycles. The van der Waals surface area contributed by atoms with Crippen LogP contribution in [0, 0.1) is 0 Å². The second kappa shape index (κ2) is 11.5. The number of nitrogens with one attached hydrogen (secondary N) is 3. The quantitative estimate of drug-likeness (QED) is 0.639. The molecule has 156 valence electrons. The molecule has 0 bridgehead atoms. The van der Waals surface area contributed by atoms with Crippen LogP contribution in [0.1, 0.15) is 24.1 Å². The average Bonchev–Trinajstić information content (AvgIpc) is 2.74. The number of para-hydroxylation sites is 1. The number of aryl methyl sites for hydroxylation is 1. The predicted molar refractivity (Wildman–Crippen MR) is 116 cm³/mol. The van der Waals surface area contributed by atoms with Gasteiger partial charge in [0.1, 0.15) is 0 Å². The van der Waals surface area contributed by atoms with Crippen molar-refractivity contribution in [3.63, 3.8) is 0 Å². The third-order valence-corrected chi connectivity index (χ3v) is 4.89. The first kappa shape index (κ1) is 22.8. The Morgan fingerprint density at radius 1 is 1.21 bits per heavy atom. The fraction of sp³-hybridized carbons (Fsp3) is 0.381. The Labute approximate surface area is 177 Å². The van der Waals surface area contributed by atoms with Crippen LogP contribution in [-0.4, -0.2) is 54.4 Å². The Balaban J connectivity index is 0.00000300. The van der Waals surface area contributed by atoms with Gasteiger partial charge in [-0.15, -0.1) is 12.4 Å². The van der Waals surface area contributed by atoms with Crippen molar-refractivity contribution in [2.45, 2.75) is 19.4 Å². The van der Waals surface area contributed by atoms with Crippen LogP contribution in [0.3, 0.4) is 0 Å². The smallest absolute Gasteiger partial charge is 0.243 e. The van der Waals surface area contributed by atoms with Gasteiger partial charge in [-0.2, -0.15) is 0 Å². The van der Waals surface area contributed by atoms with E-state index in [9.17, 15) is 9.59 Å². The molecule has 2 aromatic rings. The number of piperazine rings is 1. The van der Waals surface area contributed by atoms with Gasteiger partial charge in [-0.05, 0) is 29.7 Å². The molecule has 2 amide bonds. The van der Waals surface area contributed by atoms with Crippen molar-refractivity contribution in [2.24, 2.45) is 0 Å². The molecule has 1 atom stereocenters. The monoisotopic (exact) mass is 417 g/mol. The molecule has 29 heavy (non-hydrogen) atoms. The van der Waals surface area contributed by atoms with Gasteiger partial charge >= 0.3 is 0 Å². The summed E-state index contributed by atoms with van der Waals surface area (Å²) in [6.45, 7) is 4.62. The number of benzene rings is 1. The third-order valence-electron chi connectivity index (χ3n) is 4.89. The summed E-state index contributed by atoms with van der Waals surface area (Å²) in [6, 6.07) is 11.7. The molecule has 1 aromatic heterocycles. The second-order valence-corrected chi connectivity index (χ2v) is 6.81. The lowest BCUT2D eigenvalue weighted by Crippen LogP contribution is -2.50. The Hall–Kier alpha value is -2.48. The van der Waals surface area contributed by atoms with Gasteiger partial charge in [0, 0.05) is 43.8 Å². The van der Waals surface area contributed by atoms with E-state index in [1.165, 1.54) is 0 Å². The summed E-state index contributed by atoms with van der Waals surface area (Å²) in [5.41, 5.74) is 2.95. The van der Waals surface area contributed by atoms with E-state index in [1.54, 1.807) is 6.20 Å². The summed E-state index contributed by atoms with van der Waals surface area (Å²) < 4.78 is 0. The fourth-order valence-corrected chi connectivity index (χ4v) is 3.40. The van der Waals surface area contributed by atoms with Gasteiger partial charge in [-0.1, -0.05) is 31.2 Å². The number of hydrogen-bond donors (Lipinski definition) is 3. The van der Waals surface area contributed by atoms with Crippen molar-refractivity contribution in [1.29, 1.82) is 0 Å². The van der Waals surface area contributed by atoms with Crippen molar-refractivity contribution in [1.82, 2.24) is 20.5 Å². The topological polar surface area (TPSA) is 86.4 Å². The first-order valence-corrected chi connectivity index (χ1v) is 9.66. The molecule has 0 aliphatic carbocycles. The van der Waals surface area contributed by atoms with Gasteiger partial charge in [0.25, 0.3) is 0 Å². The molecule has 1 aromatic carbocycles. The maximum atomic E-state index is 12.4. The molecule has 1 fully saturated rings.